The Morgan fingerprint density at radius 3 is 2.58 bits per heavy atom. The fourth-order valence-corrected chi connectivity index (χ4v) is 2.56. The van der Waals surface area contributed by atoms with Gasteiger partial charge in [0.15, 0.2) is 0 Å². The Morgan fingerprint density at radius 2 is 2.00 bits per heavy atom. The van der Waals surface area contributed by atoms with Gasteiger partial charge in [-0.3, -0.25) is 9.35 Å². The molecule has 0 amide bonds. The summed E-state index contributed by atoms with van der Waals surface area (Å²) in [5.74, 6) is -1.18. The number of hydrogen-bond acceptors (Lipinski definition) is 4. The molecular weight excluding hydrogens is 272 g/mol. The first-order chi connectivity index (χ1) is 8.80. The van der Waals surface area contributed by atoms with Gasteiger partial charge in [0.2, 0.25) is 0 Å². The maximum absolute atomic E-state index is 11.3. The number of aromatic nitrogens is 1. The average molecular weight is 284 g/mol. The number of aliphatic carboxylic acids is 1. The molecule has 0 fully saturated rings. The van der Waals surface area contributed by atoms with Crippen LogP contribution >= 0.6 is 0 Å². The predicted molar refractivity (Wildman–Crippen MR) is 68.2 cm³/mol. The van der Waals surface area contributed by atoms with Crippen LogP contribution < -0.4 is 5.73 Å². The van der Waals surface area contributed by atoms with Crippen molar-refractivity contribution in [3.05, 3.63) is 36.0 Å². The van der Waals surface area contributed by atoms with Crippen molar-refractivity contribution in [2.24, 2.45) is 5.73 Å². The number of nitrogens with two attached hydrogens (primary N) is 1. The lowest BCUT2D eigenvalue weighted by Gasteiger charge is -2.04. The summed E-state index contributed by atoms with van der Waals surface area (Å²) >= 11 is 0. The zero-order valence-corrected chi connectivity index (χ0v) is 10.5. The highest BCUT2D eigenvalue weighted by Gasteiger charge is 2.19. The zero-order valence-electron chi connectivity index (χ0n) is 9.72. The molecule has 0 spiro atoms. The van der Waals surface area contributed by atoms with Gasteiger partial charge in [-0.05, 0) is 11.6 Å². The molecule has 1 atom stereocenters. The first-order valence-corrected chi connectivity index (χ1v) is 6.75. The van der Waals surface area contributed by atoms with Crippen LogP contribution in [-0.4, -0.2) is 34.1 Å². The van der Waals surface area contributed by atoms with E-state index in [0.29, 0.717) is 14.9 Å². The Kier molecular flexibility index (Phi) is 3.31. The largest absolute Gasteiger partial charge is 0.480 e. The molecule has 8 heteroatoms. The molecule has 2 aromatic rings. The van der Waals surface area contributed by atoms with E-state index in [-0.39, 0.29) is 11.9 Å². The Morgan fingerprint density at radius 1 is 1.37 bits per heavy atom. The maximum atomic E-state index is 11.3. The summed E-state index contributed by atoms with van der Waals surface area (Å²) in [5.41, 5.74) is 6.16. The number of fused-ring (bicyclic) bond motifs is 1. The SMILES string of the molecule is NC(Cc1cn(S(=O)(=O)O)c2ccccc12)C(=O)O. The van der Waals surface area contributed by atoms with Gasteiger partial charge >= 0.3 is 16.3 Å². The first-order valence-electron chi connectivity index (χ1n) is 5.36. The second-order valence-electron chi connectivity index (χ2n) is 4.09. The van der Waals surface area contributed by atoms with Gasteiger partial charge in [-0.2, -0.15) is 8.42 Å². The number of nitrogens with zero attached hydrogens (tertiary/aromatic N) is 1. The van der Waals surface area contributed by atoms with Crippen molar-refractivity contribution in [3.63, 3.8) is 0 Å². The van der Waals surface area contributed by atoms with Crippen molar-refractivity contribution in [1.82, 2.24) is 3.97 Å². The summed E-state index contributed by atoms with van der Waals surface area (Å²) in [6, 6.07) is 5.32. The lowest BCUT2D eigenvalue weighted by molar-refractivity contribution is -0.138. The number of rotatable bonds is 4. The summed E-state index contributed by atoms with van der Waals surface area (Å²) < 4.78 is 32.3. The lowest BCUT2D eigenvalue weighted by Crippen LogP contribution is -2.32. The van der Waals surface area contributed by atoms with Crippen LogP contribution in [0.3, 0.4) is 0 Å². The average Bonchev–Trinajstić information content (AvgIpc) is 2.68. The van der Waals surface area contributed by atoms with E-state index in [4.69, 9.17) is 15.4 Å². The minimum absolute atomic E-state index is 0.0294. The van der Waals surface area contributed by atoms with Crippen molar-refractivity contribution in [2.45, 2.75) is 12.5 Å². The summed E-state index contributed by atoms with van der Waals surface area (Å²) in [7, 11) is -4.44. The van der Waals surface area contributed by atoms with Crippen molar-refractivity contribution in [2.75, 3.05) is 0 Å². The Bertz CT molecular complexity index is 735. The van der Waals surface area contributed by atoms with E-state index in [9.17, 15) is 13.2 Å². The molecule has 1 unspecified atom stereocenters. The van der Waals surface area contributed by atoms with Crippen LogP contribution in [0.2, 0.25) is 0 Å². The molecule has 1 aromatic carbocycles. The molecule has 102 valence electrons. The van der Waals surface area contributed by atoms with Crippen LogP contribution in [0.5, 0.6) is 0 Å². The van der Waals surface area contributed by atoms with Crippen LogP contribution in [0.25, 0.3) is 10.9 Å². The number of carboxylic acids is 1. The topological polar surface area (TPSA) is 123 Å². The van der Waals surface area contributed by atoms with E-state index in [0.717, 1.165) is 0 Å². The molecule has 0 bridgehead atoms. The normalized spacial score (nSPS) is 13.6. The fourth-order valence-electron chi connectivity index (χ4n) is 1.90. The van der Waals surface area contributed by atoms with Crippen LogP contribution in [-0.2, 0) is 21.5 Å². The third kappa shape index (κ3) is 2.60. The van der Waals surface area contributed by atoms with Gasteiger partial charge in [0.05, 0.1) is 5.52 Å². The highest BCUT2D eigenvalue weighted by Crippen LogP contribution is 2.23. The van der Waals surface area contributed by atoms with E-state index in [1.54, 1.807) is 18.2 Å². The van der Waals surface area contributed by atoms with E-state index in [1.807, 2.05) is 0 Å². The van der Waals surface area contributed by atoms with E-state index >= 15 is 0 Å². The maximum Gasteiger partial charge on any atom is 0.363 e. The molecule has 0 saturated heterocycles. The molecule has 4 N–H and O–H groups in total. The molecule has 1 aromatic heterocycles. The Balaban J connectivity index is 2.60. The second kappa shape index (κ2) is 4.65. The molecule has 0 aliphatic carbocycles. The van der Waals surface area contributed by atoms with Crippen LogP contribution in [0.1, 0.15) is 5.56 Å². The van der Waals surface area contributed by atoms with E-state index in [1.165, 1.54) is 12.3 Å². The lowest BCUT2D eigenvalue weighted by atomic mass is 10.1. The molecule has 1 heterocycles. The summed E-state index contributed by atoms with van der Waals surface area (Å²) in [6.07, 6.45) is 1.15. The van der Waals surface area contributed by atoms with Gasteiger partial charge in [0.25, 0.3) is 0 Å². The Hall–Kier alpha value is -1.90. The molecular formula is C11H12N2O5S. The number of carbonyl (C=O) groups is 1. The minimum atomic E-state index is -4.44. The minimum Gasteiger partial charge on any atom is -0.480 e. The van der Waals surface area contributed by atoms with Crippen molar-refractivity contribution in [3.8, 4) is 0 Å². The third-order valence-electron chi connectivity index (χ3n) is 2.77. The van der Waals surface area contributed by atoms with Gasteiger partial charge in [0.1, 0.15) is 6.04 Å². The molecule has 7 nitrogen and oxygen atoms in total. The number of benzene rings is 1. The smallest absolute Gasteiger partial charge is 0.363 e. The zero-order chi connectivity index (χ0) is 14.2. The summed E-state index contributed by atoms with van der Waals surface area (Å²) in [4.78, 5) is 10.7. The fraction of sp³-hybridized carbons (Fsp3) is 0.182. The second-order valence-corrected chi connectivity index (χ2v) is 5.38. The van der Waals surface area contributed by atoms with Crippen molar-refractivity contribution in [1.29, 1.82) is 0 Å². The van der Waals surface area contributed by atoms with Gasteiger partial charge in [-0.15, -0.1) is 0 Å². The summed E-state index contributed by atoms with van der Waals surface area (Å²) in [5, 5.41) is 9.32. The van der Waals surface area contributed by atoms with Crippen LogP contribution in [0, 0.1) is 0 Å². The third-order valence-corrected chi connectivity index (χ3v) is 3.57. The summed E-state index contributed by atoms with van der Waals surface area (Å²) in [6.45, 7) is 0. The van der Waals surface area contributed by atoms with Gasteiger partial charge < -0.3 is 10.8 Å². The van der Waals surface area contributed by atoms with Crippen LogP contribution in [0.4, 0.5) is 0 Å². The number of para-hydroxylation sites is 1. The van der Waals surface area contributed by atoms with E-state index < -0.39 is 22.3 Å². The van der Waals surface area contributed by atoms with Gasteiger partial charge in [0, 0.05) is 18.0 Å². The number of carboxylic acid groups (broad SMARTS) is 1. The molecule has 0 saturated carbocycles. The molecule has 0 radical (unpaired) electrons. The van der Waals surface area contributed by atoms with E-state index in [2.05, 4.69) is 0 Å². The monoisotopic (exact) mass is 284 g/mol. The highest BCUT2D eigenvalue weighted by molar-refractivity contribution is 7.84. The van der Waals surface area contributed by atoms with Crippen molar-refractivity contribution < 1.29 is 22.9 Å². The predicted octanol–water partition coefficient (Wildman–Crippen LogP) is 0.247. The molecule has 0 aliphatic rings. The molecule has 19 heavy (non-hydrogen) atoms. The Labute approximate surface area is 109 Å². The molecule has 0 aliphatic heterocycles. The van der Waals surface area contributed by atoms with Crippen molar-refractivity contribution >= 4 is 27.2 Å². The quantitative estimate of drug-likeness (QED) is 0.691. The van der Waals surface area contributed by atoms with Gasteiger partial charge in [-0.25, -0.2) is 3.97 Å². The molecule has 2 rings (SSSR count). The van der Waals surface area contributed by atoms with Crippen LogP contribution in [0.15, 0.2) is 30.5 Å². The van der Waals surface area contributed by atoms with Gasteiger partial charge in [-0.1, -0.05) is 18.2 Å². The highest BCUT2D eigenvalue weighted by atomic mass is 32.2. The number of hydrogen-bond donors (Lipinski definition) is 3. The first kappa shape index (κ1) is 13.5. The standard InChI is InChI=1S/C11H12N2O5S/c12-9(11(14)15)5-7-6-13(19(16,17)18)10-4-2-1-3-8(7)10/h1-4,6,9H,5,12H2,(H,14,15)(H,16,17,18).